The Morgan fingerprint density at radius 2 is 1.90 bits per heavy atom. The maximum atomic E-state index is 12.6. The van der Waals surface area contributed by atoms with E-state index in [-0.39, 0.29) is 11.9 Å². The van der Waals surface area contributed by atoms with E-state index in [2.05, 4.69) is 20.4 Å². The maximum absolute atomic E-state index is 12.6. The van der Waals surface area contributed by atoms with Gasteiger partial charge < -0.3 is 15.1 Å². The van der Waals surface area contributed by atoms with Crippen LogP contribution in [0.2, 0.25) is 5.02 Å². The molecule has 0 bridgehead atoms. The fourth-order valence-corrected chi connectivity index (χ4v) is 3.64. The Labute approximate surface area is 175 Å². The van der Waals surface area contributed by atoms with Crippen LogP contribution < -0.4 is 15.1 Å². The van der Waals surface area contributed by atoms with Crippen LogP contribution in [-0.4, -0.2) is 49.3 Å². The lowest BCUT2D eigenvalue weighted by molar-refractivity contribution is 0.0940. The molecule has 0 aliphatic carbocycles. The number of carbonyl (C=O) groups excluding carboxylic acids is 1. The van der Waals surface area contributed by atoms with Crippen molar-refractivity contribution in [3.8, 4) is 11.3 Å². The highest BCUT2D eigenvalue weighted by Gasteiger charge is 2.26. The molecule has 4 rings (SSSR count). The molecule has 2 heterocycles. The average Bonchev–Trinajstić information content (AvgIpc) is 3.38. The monoisotopic (exact) mass is 409 g/mol. The molecule has 1 fully saturated rings. The van der Waals surface area contributed by atoms with E-state index in [1.165, 1.54) is 0 Å². The van der Waals surface area contributed by atoms with Crippen LogP contribution in [0.1, 0.15) is 16.8 Å². The molecule has 1 aliphatic heterocycles. The van der Waals surface area contributed by atoms with Crippen LogP contribution in [0.15, 0.2) is 54.6 Å². The quantitative estimate of drug-likeness (QED) is 0.672. The van der Waals surface area contributed by atoms with Crippen molar-refractivity contribution in [2.75, 3.05) is 37.0 Å². The molecule has 0 spiro atoms. The number of anilines is 2. The van der Waals surface area contributed by atoms with E-state index in [0.29, 0.717) is 10.6 Å². The lowest BCUT2D eigenvalue weighted by atomic mass is 10.1. The summed E-state index contributed by atoms with van der Waals surface area (Å²) >= 11 is 5.96. The molecular weight excluding hydrogens is 386 g/mol. The number of hydrogen-bond acceptors (Lipinski definition) is 4. The summed E-state index contributed by atoms with van der Waals surface area (Å²) in [6, 6.07) is 17.4. The molecule has 0 unspecified atom stereocenters. The fourth-order valence-electron chi connectivity index (χ4n) is 3.52. The van der Waals surface area contributed by atoms with Crippen LogP contribution in [-0.2, 0) is 0 Å². The number of nitrogens with one attached hydrogen (secondary N) is 2. The molecule has 1 aromatic heterocycles. The average molecular weight is 410 g/mol. The SMILES string of the molecule is CN(C)c1ccc(C(=O)N[C@H]2CCN(c3cc(-c4ccc(Cl)cc4)[nH]n3)C2)cc1. The van der Waals surface area contributed by atoms with Crippen LogP contribution in [0.4, 0.5) is 11.5 Å². The Balaban J connectivity index is 1.36. The lowest BCUT2D eigenvalue weighted by Gasteiger charge is -2.16. The summed E-state index contributed by atoms with van der Waals surface area (Å²) in [6.07, 6.45) is 0.894. The van der Waals surface area contributed by atoms with E-state index < -0.39 is 0 Å². The molecular formula is C22H24ClN5O. The first kappa shape index (κ1) is 19.3. The third kappa shape index (κ3) is 4.38. The minimum Gasteiger partial charge on any atom is -0.378 e. The Bertz CT molecular complexity index is 981. The Morgan fingerprint density at radius 3 is 2.59 bits per heavy atom. The summed E-state index contributed by atoms with van der Waals surface area (Å²) in [6.45, 7) is 1.60. The van der Waals surface area contributed by atoms with Gasteiger partial charge in [-0.15, -0.1) is 0 Å². The number of amides is 1. The standard InChI is InChI=1S/C22H24ClN5O/c1-27(2)19-9-5-16(6-10-19)22(29)24-18-11-12-28(14-18)21-13-20(25-26-21)15-3-7-17(23)8-4-15/h3-10,13,18H,11-12,14H2,1-2H3,(H,24,29)(H,25,26)/t18-/m0/s1. The molecule has 1 saturated heterocycles. The molecule has 2 N–H and O–H groups in total. The van der Waals surface area contributed by atoms with Crippen molar-refractivity contribution in [3.05, 3.63) is 65.2 Å². The summed E-state index contributed by atoms with van der Waals surface area (Å²) in [7, 11) is 3.96. The smallest absolute Gasteiger partial charge is 0.251 e. The van der Waals surface area contributed by atoms with Gasteiger partial charge in [-0.05, 0) is 48.4 Å². The van der Waals surface area contributed by atoms with Gasteiger partial charge in [0.2, 0.25) is 0 Å². The van der Waals surface area contributed by atoms with Crippen LogP contribution in [0, 0.1) is 0 Å². The topological polar surface area (TPSA) is 64.3 Å². The Morgan fingerprint density at radius 1 is 1.17 bits per heavy atom. The van der Waals surface area contributed by atoms with E-state index in [0.717, 1.165) is 42.3 Å². The van der Waals surface area contributed by atoms with Gasteiger partial charge in [0.25, 0.3) is 5.91 Å². The largest absolute Gasteiger partial charge is 0.378 e. The fraction of sp³-hybridized carbons (Fsp3) is 0.273. The van der Waals surface area contributed by atoms with Crippen LogP contribution in [0.5, 0.6) is 0 Å². The third-order valence-corrected chi connectivity index (χ3v) is 5.46. The number of hydrogen-bond donors (Lipinski definition) is 2. The van der Waals surface area contributed by atoms with Gasteiger partial charge in [0.05, 0.1) is 5.69 Å². The molecule has 1 aliphatic rings. The second-order valence-electron chi connectivity index (χ2n) is 7.49. The van der Waals surface area contributed by atoms with Crippen molar-refractivity contribution in [2.45, 2.75) is 12.5 Å². The maximum Gasteiger partial charge on any atom is 0.251 e. The van der Waals surface area contributed by atoms with Gasteiger partial charge in [-0.25, -0.2) is 0 Å². The van der Waals surface area contributed by atoms with E-state index in [1.807, 2.05) is 73.6 Å². The van der Waals surface area contributed by atoms with E-state index >= 15 is 0 Å². The zero-order valence-electron chi connectivity index (χ0n) is 16.5. The molecule has 6 nitrogen and oxygen atoms in total. The Hall–Kier alpha value is -2.99. The number of halogens is 1. The number of aromatic nitrogens is 2. The number of nitrogens with zero attached hydrogens (tertiary/aromatic N) is 3. The first-order valence-electron chi connectivity index (χ1n) is 9.64. The van der Waals surface area contributed by atoms with Crippen LogP contribution in [0.3, 0.4) is 0 Å². The van der Waals surface area contributed by atoms with Crippen molar-refractivity contribution in [3.63, 3.8) is 0 Å². The molecule has 0 saturated carbocycles. The van der Waals surface area contributed by atoms with E-state index in [1.54, 1.807) is 0 Å². The number of benzene rings is 2. The minimum absolute atomic E-state index is 0.0361. The van der Waals surface area contributed by atoms with Crippen LogP contribution in [0.25, 0.3) is 11.3 Å². The zero-order valence-corrected chi connectivity index (χ0v) is 17.3. The highest BCUT2D eigenvalue weighted by atomic mass is 35.5. The van der Waals surface area contributed by atoms with Gasteiger partial charge in [-0.3, -0.25) is 9.89 Å². The van der Waals surface area contributed by atoms with E-state index in [9.17, 15) is 4.79 Å². The van der Waals surface area contributed by atoms with Crippen molar-refractivity contribution < 1.29 is 4.79 Å². The van der Waals surface area contributed by atoms with Crippen LogP contribution >= 0.6 is 11.6 Å². The van der Waals surface area contributed by atoms with Gasteiger partial charge in [0, 0.05) is 55.6 Å². The third-order valence-electron chi connectivity index (χ3n) is 5.21. The summed E-state index contributed by atoms with van der Waals surface area (Å²) < 4.78 is 0. The Kier molecular flexibility index (Phi) is 5.45. The summed E-state index contributed by atoms with van der Waals surface area (Å²) in [5.74, 6) is 0.855. The number of H-pyrrole nitrogens is 1. The molecule has 2 aromatic carbocycles. The molecule has 3 aromatic rings. The lowest BCUT2D eigenvalue weighted by Crippen LogP contribution is -2.37. The van der Waals surface area contributed by atoms with E-state index in [4.69, 9.17) is 11.6 Å². The minimum atomic E-state index is -0.0361. The van der Waals surface area contributed by atoms with Gasteiger partial charge in [0.15, 0.2) is 5.82 Å². The molecule has 1 atom stereocenters. The molecule has 7 heteroatoms. The second-order valence-corrected chi connectivity index (χ2v) is 7.93. The van der Waals surface area contributed by atoms with Gasteiger partial charge in [-0.1, -0.05) is 23.7 Å². The molecule has 1 amide bonds. The van der Waals surface area contributed by atoms with Gasteiger partial charge in [-0.2, -0.15) is 5.10 Å². The highest BCUT2D eigenvalue weighted by Crippen LogP contribution is 2.25. The number of aromatic amines is 1. The second kappa shape index (κ2) is 8.17. The summed E-state index contributed by atoms with van der Waals surface area (Å²) in [4.78, 5) is 16.8. The van der Waals surface area contributed by atoms with Gasteiger partial charge >= 0.3 is 0 Å². The summed E-state index contributed by atoms with van der Waals surface area (Å²) in [5.41, 5.74) is 3.74. The zero-order chi connectivity index (χ0) is 20.4. The first-order valence-corrected chi connectivity index (χ1v) is 10.0. The highest BCUT2D eigenvalue weighted by molar-refractivity contribution is 6.30. The van der Waals surface area contributed by atoms with Crippen molar-refractivity contribution in [1.82, 2.24) is 15.5 Å². The molecule has 0 radical (unpaired) electrons. The normalized spacial score (nSPS) is 16.1. The van der Waals surface area contributed by atoms with Crippen molar-refractivity contribution >= 4 is 29.0 Å². The summed E-state index contributed by atoms with van der Waals surface area (Å²) in [5, 5.41) is 11.4. The molecule has 150 valence electrons. The molecule has 29 heavy (non-hydrogen) atoms. The predicted octanol–water partition coefficient (Wildman–Crippen LogP) is 3.80. The number of carbonyl (C=O) groups is 1. The van der Waals surface area contributed by atoms with Crippen molar-refractivity contribution in [1.29, 1.82) is 0 Å². The van der Waals surface area contributed by atoms with Crippen molar-refractivity contribution in [2.24, 2.45) is 0 Å². The van der Waals surface area contributed by atoms with Gasteiger partial charge in [0.1, 0.15) is 0 Å². The number of rotatable bonds is 5. The first-order chi connectivity index (χ1) is 14.0. The predicted molar refractivity (Wildman–Crippen MR) is 118 cm³/mol.